The molecule has 5 nitrogen and oxygen atoms in total. The Morgan fingerprint density at radius 2 is 1.64 bits per heavy atom. The van der Waals surface area contributed by atoms with E-state index in [1.807, 2.05) is 30.3 Å². The summed E-state index contributed by atoms with van der Waals surface area (Å²) in [5.74, 6) is 0.837. The van der Waals surface area contributed by atoms with Crippen molar-refractivity contribution >= 4 is 35.8 Å². The molecule has 0 spiro atoms. The Kier molecular flexibility index (Phi) is 15.3. The molecule has 142 valence electrons. The number of aliphatic imine (C=N–C) groups is 1. The van der Waals surface area contributed by atoms with Crippen LogP contribution in [0.25, 0.3) is 0 Å². The molecule has 3 N–H and O–H groups in total. The summed E-state index contributed by atoms with van der Waals surface area (Å²) in [5.41, 5.74) is 0.697. The summed E-state index contributed by atoms with van der Waals surface area (Å²) in [6.07, 6.45) is 5.80. The molecule has 0 atom stereocenters. The first kappa shape index (κ1) is 23.7. The van der Waals surface area contributed by atoms with Crippen LogP contribution in [0.15, 0.2) is 35.3 Å². The van der Waals surface area contributed by atoms with Gasteiger partial charge in [0.15, 0.2) is 5.96 Å². The van der Waals surface area contributed by atoms with E-state index < -0.39 is 0 Å². The van der Waals surface area contributed by atoms with Gasteiger partial charge >= 0.3 is 0 Å². The highest BCUT2D eigenvalue weighted by Crippen LogP contribution is 1.98. The number of nitrogens with zero attached hydrogens (tertiary/aromatic N) is 1. The number of halogens is 1. The van der Waals surface area contributed by atoms with Gasteiger partial charge in [0.1, 0.15) is 0 Å². The Balaban J connectivity index is 0.00000576. The maximum absolute atomic E-state index is 11.9. The fraction of sp³-hybridized carbons (Fsp3) is 0.579. The lowest BCUT2D eigenvalue weighted by molar-refractivity contribution is 0.0953. The third-order valence-electron chi connectivity index (χ3n) is 3.59. The van der Waals surface area contributed by atoms with Crippen LogP contribution in [-0.4, -0.2) is 38.0 Å². The number of hydrogen-bond donors (Lipinski definition) is 3. The number of rotatable bonds is 11. The van der Waals surface area contributed by atoms with Crippen LogP contribution in [0.5, 0.6) is 0 Å². The summed E-state index contributed by atoms with van der Waals surface area (Å²) in [6, 6.07) is 9.28. The largest absolute Gasteiger partial charge is 0.357 e. The van der Waals surface area contributed by atoms with Crippen molar-refractivity contribution in [1.82, 2.24) is 16.0 Å². The fourth-order valence-electron chi connectivity index (χ4n) is 2.26. The number of carbonyl (C=O) groups is 1. The second kappa shape index (κ2) is 16.2. The number of unbranched alkanes of at least 4 members (excludes halogenated alkanes) is 3. The Hall–Kier alpha value is -1.31. The first-order valence-electron chi connectivity index (χ1n) is 9.13. The molecule has 0 fully saturated rings. The van der Waals surface area contributed by atoms with Crippen molar-refractivity contribution < 1.29 is 4.79 Å². The van der Waals surface area contributed by atoms with Crippen molar-refractivity contribution in [1.29, 1.82) is 0 Å². The molecule has 0 bridgehead atoms. The second-order valence-electron chi connectivity index (χ2n) is 5.72. The van der Waals surface area contributed by atoms with Gasteiger partial charge in [0, 0.05) is 31.7 Å². The highest BCUT2D eigenvalue weighted by Gasteiger charge is 2.02. The van der Waals surface area contributed by atoms with Crippen molar-refractivity contribution in [2.45, 2.75) is 46.0 Å². The molecule has 0 aromatic heterocycles. The van der Waals surface area contributed by atoms with Gasteiger partial charge in [-0.25, -0.2) is 0 Å². The van der Waals surface area contributed by atoms with Crippen molar-refractivity contribution in [3.63, 3.8) is 0 Å². The van der Waals surface area contributed by atoms with Crippen LogP contribution >= 0.6 is 24.0 Å². The maximum Gasteiger partial charge on any atom is 0.251 e. The van der Waals surface area contributed by atoms with Gasteiger partial charge < -0.3 is 16.0 Å². The molecule has 1 rings (SSSR count). The van der Waals surface area contributed by atoms with E-state index in [9.17, 15) is 4.79 Å². The van der Waals surface area contributed by atoms with E-state index in [0.29, 0.717) is 18.7 Å². The molecule has 0 aliphatic heterocycles. The molecule has 25 heavy (non-hydrogen) atoms. The lowest BCUT2D eigenvalue weighted by Crippen LogP contribution is -2.38. The van der Waals surface area contributed by atoms with Crippen molar-refractivity contribution in [3.8, 4) is 0 Å². The Bertz CT molecular complexity index is 480. The number of carbonyl (C=O) groups excluding carboxylic acids is 1. The van der Waals surface area contributed by atoms with Gasteiger partial charge in [0.05, 0.1) is 0 Å². The quantitative estimate of drug-likeness (QED) is 0.205. The molecule has 1 amide bonds. The smallest absolute Gasteiger partial charge is 0.251 e. The summed E-state index contributed by atoms with van der Waals surface area (Å²) in [6.45, 7) is 7.42. The van der Waals surface area contributed by atoms with E-state index in [4.69, 9.17) is 0 Å². The van der Waals surface area contributed by atoms with Crippen molar-refractivity contribution in [2.75, 3.05) is 26.2 Å². The molecule has 0 saturated carbocycles. The van der Waals surface area contributed by atoms with Gasteiger partial charge in [-0.3, -0.25) is 9.79 Å². The molecule has 0 radical (unpaired) electrons. The van der Waals surface area contributed by atoms with Crippen molar-refractivity contribution in [3.05, 3.63) is 35.9 Å². The zero-order valence-electron chi connectivity index (χ0n) is 15.5. The number of guanidine groups is 1. The number of nitrogens with one attached hydrogen (secondary N) is 3. The topological polar surface area (TPSA) is 65.5 Å². The predicted molar refractivity (Wildman–Crippen MR) is 117 cm³/mol. The summed E-state index contributed by atoms with van der Waals surface area (Å²) in [4.78, 5) is 16.4. The molecule has 0 unspecified atom stereocenters. The Labute approximate surface area is 169 Å². The zero-order valence-corrected chi connectivity index (χ0v) is 17.8. The third kappa shape index (κ3) is 11.8. The van der Waals surface area contributed by atoms with Crippen molar-refractivity contribution in [2.24, 2.45) is 4.99 Å². The number of benzene rings is 1. The van der Waals surface area contributed by atoms with Crippen LogP contribution in [-0.2, 0) is 0 Å². The molecule has 1 aromatic rings. The SMILES string of the molecule is CCCCCCNC(=NCCCNC(=O)c1ccccc1)NCC.I. The highest BCUT2D eigenvalue weighted by atomic mass is 127. The van der Waals surface area contributed by atoms with E-state index in [1.165, 1.54) is 25.7 Å². The molecule has 0 heterocycles. The van der Waals surface area contributed by atoms with E-state index in [2.05, 4.69) is 34.8 Å². The van der Waals surface area contributed by atoms with Crippen LogP contribution in [0.1, 0.15) is 56.3 Å². The van der Waals surface area contributed by atoms with Gasteiger partial charge in [-0.05, 0) is 31.9 Å². The zero-order chi connectivity index (χ0) is 17.5. The maximum atomic E-state index is 11.9. The van der Waals surface area contributed by atoms with Crippen LogP contribution < -0.4 is 16.0 Å². The van der Waals surface area contributed by atoms with Crippen LogP contribution in [0.3, 0.4) is 0 Å². The van der Waals surface area contributed by atoms with Gasteiger partial charge in [-0.2, -0.15) is 0 Å². The molecule has 0 aliphatic rings. The molecule has 0 aliphatic carbocycles. The minimum absolute atomic E-state index is 0. The summed E-state index contributed by atoms with van der Waals surface area (Å²) < 4.78 is 0. The normalized spacial score (nSPS) is 10.7. The average Bonchev–Trinajstić information content (AvgIpc) is 2.61. The summed E-state index contributed by atoms with van der Waals surface area (Å²) in [5, 5.41) is 9.53. The molecular weight excluding hydrogens is 427 g/mol. The van der Waals surface area contributed by atoms with E-state index >= 15 is 0 Å². The van der Waals surface area contributed by atoms with Gasteiger partial charge in [0.2, 0.25) is 0 Å². The number of hydrogen-bond acceptors (Lipinski definition) is 2. The monoisotopic (exact) mass is 460 g/mol. The molecule has 6 heteroatoms. The average molecular weight is 460 g/mol. The second-order valence-corrected chi connectivity index (χ2v) is 5.72. The first-order chi connectivity index (χ1) is 11.8. The standard InChI is InChI=1S/C19H32N4O.HI/c1-3-5-6-10-14-22-19(20-4-2)23-16-11-15-21-18(24)17-12-8-7-9-13-17;/h7-9,12-13H,3-6,10-11,14-16H2,1-2H3,(H,21,24)(H2,20,22,23);1H. The minimum Gasteiger partial charge on any atom is -0.357 e. The minimum atomic E-state index is -0.0273. The van der Waals surface area contributed by atoms with Crippen LogP contribution in [0.4, 0.5) is 0 Å². The van der Waals surface area contributed by atoms with Gasteiger partial charge in [0.25, 0.3) is 5.91 Å². The van der Waals surface area contributed by atoms with Crippen LogP contribution in [0, 0.1) is 0 Å². The highest BCUT2D eigenvalue weighted by molar-refractivity contribution is 14.0. The number of amides is 1. The Morgan fingerprint density at radius 3 is 2.32 bits per heavy atom. The van der Waals surface area contributed by atoms with E-state index in [-0.39, 0.29) is 29.9 Å². The van der Waals surface area contributed by atoms with Gasteiger partial charge in [-0.15, -0.1) is 24.0 Å². The molecule has 1 aromatic carbocycles. The van der Waals surface area contributed by atoms with Gasteiger partial charge in [-0.1, -0.05) is 44.4 Å². The lowest BCUT2D eigenvalue weighted by atomic mass is 10.2. The summed E-state index contributed by atoms with van der Waals surface area (Å²) >= 11 is 0. The van der Waals surface area contributed by atoms with Crippen LogP contribution in [0.2, 0.25) is 0 Å². The molecule has 0 saturated heterocycles. The predicted octanol–water partition coefficient (Wildman–Crippen LogP) is 3.56. The van der Waals surface area contributed by atoms with E-state index in [0.717, 1.165) is 25.5 Å². The first-order valence-corrected chi connectivity index (χ1v) is 9.13. The lowest BCUT2D eigenvalue weighted by Gasteiger charge is -2.11. The van der Waals surface area contributed by atoms with E-state index in [1.54, 1.807) is 0 Å². The Morgan fingerprint density at radius 1 is 0.920 bits per heavy atom. The summed E-state index contributed by atoms with van der Waals surface area (Å²) in [7, 11) is 0. The third-order valence-corrected chi connectivity index (χ3v) is 3.59. The fourth-order valence-corrected chi connectivity index (χ4v) is 2.26. The molecular formula is C19H33IN4O.